The number of benzene rings is 3. The van der Waals surface area contributed by atoms with Crippen LogP contribution in [0.15, 0.2) is 77.8 Å². The van der Waals surface area contributed by atoms with E-state index in [2.05, 4.69) is 5.32 Å². The number of carbonyl (C=O) groups is 2. The minimum atomic E-state index is -3.60. The summed E-state index contributed by atoms with van der Waals surface area (Å²) in [6, 6.07) is 20.0. The van der Waals surface area contributed by atoms with Crippen molar-refractivity contribution in [2.24, 2.45) is 12.5 Å². The number of halogens is 1. The molecule has 3 aliphatic rings. The molecule has 2 saturated heterocycles. The van der Waals surface area contributed by atoms with Crippen LogP contribution in [0.5, 0.6) is 0 Å². The summed E-state index contributed by atoms with van der Waals surface area (Å²) in [7, 11) is -1.68. The van der Waals surface area contributed by atoms with Crippen molar-refractivity contribution in [2.75, 3.05) is 26.2 Å². The Hall–Kier alpha value is -3.66. The molecule has 1 aromatic heterocycles. The molecule has 8 nitrogen and oxygen atoms in total. The molecule has 2 amide bonds. The predicted octanol–water partition coefficient (Wildman–Crippen LogP) is 5.96. The number of piperidine rings is 2. The molecule has 234 valence electrons. The maximum Gasteiger partial charge on any atom is 0.253 e. The third kappa shape index (κ3) is 5.45. The summed E-state index contributed by atoms with van der Waals surface area (Å²) in [5, 5.41) is 4.29. The van der Waals surface area contributed by atoms with Gasteiger partial charge in [-0.2, -0.15) is 4.31 Å². The zero-order valence-electron chi connectivity index (χ0n) is 25.3. The van der Waals surface area contributed by atoms with Gasteiger partial charge in [-0.3, -0.25) is 9.59 Å². The van der Waals surface area contributed by atoms with Crippen molar-refractivity contribution < 1.29 is 18.0 Å². The number of carbonyl (C=O) groups excluding carboxylic acids is 2. The monoisotopic (exact) mass is 644 g/mol. The maximum absolute atomic E-state index is 13.7. The predicted molar refractivity (Wildman–Crippen MR) is 175 cm³/mol. The van der Waals surface area contributed by atoms with Crippen LogP contribution in [-0.2, 0) is 23.5 Å². The summed E-state index contributed by atoms with van der Waals surface area (Å²) in [6.07, 6.45) is 6.84. The second kappa shape index (κ2) is 11.6. The van der Waals surface area contributed by atoms with Crippen LogP contribution in [0.4, 0.5) is 0 Å². The fourth-order valence-electron chi connectivity index (χ4n) is 7.47. The fraction of sp³-hybridized carbons (Fsp3) is 0.371. The molecule has 0 radical (unpaired) electrons. The van der Waals surface area contributed by atoms with Gasteiger partial charge in [0.2, 0.25) is 10.0 Å². The highest BCUT2D eigenvalue weighted by atomic mass is 35.5. The molecule has 1 atom stereocenters. The molecule has 10 heteroatoms. The molecule has 1 aliphatic carbocycles. The molecular formula is C35H37ClN4O4S. The van der Waals surface area contributed by atoms with Gasteiger partial charge in [-0.05, 0) is 97.5 Å². The second-order valence-electron chi connectivity index (χ2n) is 12.8. The Balaban J connectivity index is 0.983. The lowest BCUT2D eigenvalue weighted by atomic mass is 9.71. The molecule has 2 aliphatic heterocycles. The topological polar surface area (TPSA) is 91.7 Å². The molecule has 0 bridgehead atoms. The molecule has 1 unspecified atom stereocenters. The highest BCUT2D eigenvalue weighted by Gasteiger charge is 2.42. The Bertz CT molecular complexity index is 1900. The van der Waals surface area contributed by atoms with Gasteiger partial charge < -0.3 is 14.8 Å². The third-order valence-corrected chi connectivity index (χ3v) is 12.6. The Labute approximate surface area is 269 Å². The lowest BCUT2D eigenvalue weighted by molar-refractivity contribution is 0.0424. The average Bonchev–Trinajstić information content (AvgIpc) is 3.64. The first-order valence-electron chi connectivity index (χ1n) is 15.7. The maximum atomic E-state index is 13.7. The van der Waals surface area contributed by atoms with Crippen LogP contribution < -0.4 is 5.32 Å². The normalized spacial score (nSPS) is 20.0. The minimum Gasteiger partial charge on any atom is -0.351 e. The second-order valence-corrected chi connectivity index (χ2v) is 15.1. The smallest absolute Gasteiger partial charge is 0.253 e. The lowest BCUT2D eigenvalue weighted by Gasteiger charge is -2.46. The van der Waals surface area contributed by atoms with E-state index in [1.165, 1.54) is 0 Å². The summed E-state index contributed by atoms with van der Waals surface area (Å²) in [5.74, 6) is -0.209. The van der Waals surface area contributed by atoms with E-state index >= 15 is 0 Å². The fourth-order valence-corrected chi connectivity index (χ4v) is 9.34. The van der Waals surface area contributed by atoms with Gasteiger partial charge in [0.05, 0.1) is 21.5 Å². The number of hydrogen-bond acceptors (Lipinski definition) is 4. The average molecular weight is 645 g/mol. The van der Waals surface area contributed by atoms with Crippen LogP contribution in [0.2, 0.25) is 5.02 Å². The van der Waals surface area contributed by atoms with Gasteiger partial charge in [0.25, 0.3) is 11.8 Å². The number of amides is 2. The van der Waals surface area contributed by atoms with Crippen molar-refractivity contribution in [3.8, 4) is 0 Å². The van der Waals surface area contributed by atoms with Gasteiger partial charge in [-0.15, -0.1) is 0 Å². The van der Waals surface area contributed by atoms with Crippen molar-refractivity contribution in [3.05, 3.63) is 100 Å². The Morgan fingerprint density at radius 2 is 1.64 bits per heavy atom. The van der Waals surface area contributed by atoms with Crippen LogP contribution in [0.1, 0.15) is 70.0 Å². The largest absolute Gasteiger partial charge is 0.351 e. The zero-order chi connectivity index (χ0) is 31.3. The van der Waals surface area contributed by atoms with Crippen LogP contribution >= 0.6 is 11.6 Å². The zero-order valence-corrected chi connectivity index (χ0v) is 26.9. The van der Waals surface area contributed by atoms with Gasteiger partial charge >= 0.3 is 0 Å². The van der Waals surface area contributed by atoms with Crippen LogP contribution in [0.25, 0.3) is 10.9 Å². The number of aryl methyl sites for hydroxylation is 2. The first-order chi connectivity index (χ1) is 21.6. The summed E-state index contributed by atoms with van der Waals surface area (Å²) >= 11 is 6.24. The Morgan fingerprint density at radius 1 is 0.911 bits per heavy atom. The van der Waals surface area contributed by atoms with E-state index in [0.29, 0.717) is 47.2 Å². The van der Waals surface area contributed by atoms with Crippen LogP contribution in [-0.4, -0.2) is 60.2 Å². The Kier molecular flexibility index (Phi) is 7.74. The molecule has 4 aromatic rings. The van der Waals surface area contributed by atoms with E-state index in [4.69, 9.17) is 11.6 Å². The molecule has 3 aromatic carbocycles. The van der Waals surface area contributed by atoms with Gasteiger partial charge in [0.15, 0.2) is 0 Å². The summed E-state index contributed by atoms with van der Waals surface area (Å²) < 4.78 is 30.9. The first-order valence-corrected chi connectivity index (χ1v) is 17.5. The number of rotatable bonds is 5. The number of sulfonamides is 1. The first kappa shape index (κ1) is 30.0. The van der Waals surface area contributed by atoms with Crippen LogP contribution in [0, 0.1) is 5.41 Å². The molecule has 3 heterocycles. The van der Waals surface area contributed by atoms with Gasteiger partial charge in [-0.25, -0.2) is 8.42 Å². The highest BCUT2D eigenvalue weighted by molar-refractivity contribution is 7.89. The molecule has 1 N–H and O–H groups in total. The van der Waals surface area contributed by atoms with E-state index in [9.17, 15) is 18.0 Å². The minimum absolute atomic E-state index is 0.00620. The number of likely N-dealkylation sites (tertiary alicyclic amines) is 1. The van der Waals surface area contributed by atoms with E-state index in [1.807, 2.05) is 59.1 Å². The van der Waals surface area contributed by atoms with Crippen molar-refractivity contribution >= 4 is 44.3 Å². The van der Waals surface area contributed by atoms with E-state index in [0.717, 1.165) is 60.6 Å². The summed E-state index contributed by atoms with van der Waals surface area (Å²) in [5.41, 5.74) is 4.18. The number of fused-ring (bicyclic) bond motifs is 2. The Morgan fingerprint density at radius 3 is 2.40 bits per heavy atom. The van der Waals surface area contributed by atoms with Gasteiger partial charge in [0, 0.05) is 55.9 Å². The van der Waals surface area contributed by atoms with Crippen molar-refractivity contribution in [1.82, 2.24) is 19.1 Å². The third-order valence-electron chi connectivity index (χ3n) is 10.3. The van der Waals surface area contributed by atoms with E-state index in [1.54, 1.807) is 34.6 Å². The molecular weight excluding hydrogens is 608 g/mol. The molecule has 0 saturated carbocycles. The number of aromatic nitrogens is 1. The number of nitrogens with one attached hydrogen (secondary N) is 1. The standard InChI is InChI=1S/C35H37ClN4O4S/c1-38-18-13-27-31(38)7-4-8-32(27)45(43,44)40-21-16-35(17-22-40)14-19-39(20-15-35)34(42)25-10-9-24-11-12-30(28(24)23-25)37-33(41)26-5-2-3-6-29(26)36/h2-10,13,18,23,30H,11-12,14-17,19-22H2,1H3,(H,37,41). The van der Waals surface area contributed by atoms with Crippen molar-refractivity contribution in [3.63, 3.8) is 0 Å². The van der Waals surface area contributed by atoms with Gasteiger partial charge in [-0.1, -0.05) is 35.9 Å². The SMILES string of the molecule is Cn1ccc2c(S(=O)(=O)N3CCC4(CCN(C(=O)c5ccc6c(c5)C(NC(=O)c5ccccc5Cl)CC6)CC4)CC3)cccc21. The van der Waals surface area contributed by atoms with Gasteiger partial charge in [0.1, 0.15) is 0 Å². The molecule has 45 heavy (non-hydrogen) atoms. The van der Waals surface area contributed by atoms with Crippen molar-refractivity contribution in [1.29, 1.82) is 0 Å². The molecule has 1 spiro atoms. The number of nitrogens with zero attached hydrogens (tertiary/aromatic N) is 3. The lowest BCUT2D eigenvalue weighted by Crippen LogP contribution is -2.49. The van der Waals surface area contributed by atoms with Crippen molar-refractivity contribution in [2.45, 2.75) is 49.5 Å². The summed E-state index contributed by atoms with van der Waals surface area (Å²) in [6.45, 7) is 2.29. The van der Waals surface area contributed by atoms with E-state index in [-0.39, 0.29) is 23.3 Å². The molecule has 7 rings (SSSR count). The van der Waals surface area contributed by atoms with E-state index < -0.39 is 10.0 Å². The summed E-state index contributed by atoms with van der Waals surface area (Å²) in [4.78, 5) is 28.9. The molecule has 2 fully saturated rings. The number of hydrogen-bond donors (Lipinski definition) is 1. The highest BCUT2D eigenvalue weighted by Crippen LogP contribution is 2.43. The van der Waals surface area contributed by atoms with Crippen LogP contribution in [0.3, 0.4) is 0 Å². The quantitative estimate of drug-likeness (QED) is 0.290.